The van der Waals surface area contributed by atoms with Gasteiger partial charge in [0, 0.05) is 23.5 Å². The van der Waals surface area contributed by atoms with Gasteiger partial charge >= 0.3 is 0 Å². The summed E-state index contributed by atoms with van der Waals surface area (Å²) in [5.41, 5.74) is 0.476. The first kappa shape index (κ1) is 17.6. The number of hydrogen-bond acceptors (Lipinski definition) is 3. The van der Waals surface area contributed by atoms with Gasteiger partial charge in [0.25, 0.3) is 5.91 Å². The van der Waals surface area contributed by atoms with Gasteiger partial charge in [-0.3, -0.25) is 9.59 Å². The molecule has 2 amide bonds. The normalized spacial score (nSPS) is 15.7. The van der Waals surface area contributed by atoms with Crippen LogP contribution >= 0.6 is 11.3 Å². The van der Waals surface area contributed by atoms with Crippen molar-refractivity contribution < 1.29 is 14.0 Å². The lowest BCUT2D eigenvalue weighted by molar-refractivity contribution is -0.133. The molecule has 0 spiro atoms. The maximum Gasteiger partial charge on any atom is 0.262 e. The average molecular weight is 360 g/mol. The zero-order chi connectivity index (χ0) is 17.8. The van der Waals surface area contributed by atoms with Gasteiger partial charge in [0.05, 0.1) is 4.88 Å². The molecule has 1 aromatic heterocycles. The summed E-state index contributed by atoms with van der Waals surface area (Å²) in [6, 6.07) is 9.31. The Labute approximate surface area is 150 Å². The zero-order valence-corrected chi connectivity index (χ0v) is 14.9. The fraction of sp³-hybridized carbons (Fsp3) is 0.368. The van der Waals surface area contributed by atoms with E-state index in [1.165, 1.54) is 17.4 Å². The minimum atomic E-state index is -0.565. The fourth-order valence-corrected chi connectivity index (χ4v) is 3.92. The molecule has 1 unspecified atom stereocenters. The number of piperidine rings is 1. The predicted octanol–water partition coefficient (Wildman–Crippen LogP) is 3.69. The molecular weight excluding hydrogens is 339 g/mol. The minimum Gasteiger partial charge on any atom is -0.341 e. The molecule has 6 heteroatoms. The standard InChI is InChI=1S/C19H21FN2O2S/c1-13(19(24)22-11-5-2-6-12-22)21-18(23)17-10-9-16(25-17)14-7-3-4-8-15(14)20/h3-4,7-10,13H,2,5-6,11-12H2,1H3,(H,21,23). The second-order valence-corrected chi connectivity index (χ2v) is 7.31. The molecule has 0 saturated carbocycles. The molecule has 4 nitrogen and oxygen atoms in total. The van der Waals surface area contributed by atoms with E-state index in [0.717, 1.165) is 32.4 Å². The van der Waals surface area contributed by atoms with Crippen LogP contribution < -0.4 is 5.32 Å². The summed E-state index contributed by atoms with van der Waals surface area (Å²) in [5, 5.41) is 2.76. The van der Waals surface area contributed by atoms with Gasteiger partial charge in [-0.1, -0.05) is 18.2 Å². The third kappa shape index (κ3) is 4.07. The lowest BCUT2D eigenvalue weighted by Gasteiger charge is -2.29. The van der Waals surface area contributed by atoms with Crippen LogP contribution in [-0.4, -0.2) is 35.8 Å². The summed E-state index contributed by atoms with van der Waals surface area (Å²) < 4.78 is 13.9. The van der Waals surface area contributed by atoms with E-state index in [2.05, 4.69) is 5.32 Å². The van der Waals surface area contributed by atoms with Crippen LogP contribution in [0.5, 0.6) is 0 Å². The second-order valence-electron chi connectivity index (χ2n) is 6.22. The number of halogens is 1. The van der Waals surface area contributed by atoms with Crippen molar-refractivity contribution in [1.29, 1.82) is 0 Å². The molecule has 3 rings (SSSR count). The van der Waals surface area contributed by atoms with Crippen LogP contribution in [0.3, 0.4) is 0 Å². The van der Waals surface area contributed by atoms with Gasteiger partial charge in [0.2, 0.25) is 5.91 Å². The molecule has 2 aromatic rings. The van der Waals surface area contributed by atoms with Crippen LogP contribution in [0.4, 0.5) is 4.39 Å². The maximum absolute atomic E-state index is 13.9. The lowest BCUT2D eigenvalue weighted by atomic mass is 10.1. The molecular formula is C19H21FN2O2S. The highest BCUT2D eigenvalue weighted by Crippen LogP contribution is 2.30. The van der Waals surface area contributed by atoms with Crippen molar-refractivity contribution in [2.45, 2.75) is 32.2 Å². The summed E-state index contributed by atoms with van der Waals surface area (Å²) in [7, 11) is 0. The Morgan fingerprint density at radius 1 is 1.12 bits per heavy atom. The number of carbonyl (C=O) groups excluding carboxylic acids is 2. The highest BCUT2D eigenvalue weighted by atomic mass is 32.1. The van der Waals surface area contributed by atoms with Crippen molar-refractivity contribution in [1.82, 2.24) is 10.2 Å². The van der Waals surface area contributed by atoms with E-state index in [1.807, 2.05) is 4.90 Å². The van der Waals surface area contributed by atoms with Crippen LogP contribution in [0.15, 0.2) is 36.4 Å². The summed E-state index contributed by atoms with van der Waals surface area (Å²) in [6.07, 6.45) is 3.19. The second kappa shape index (κ2) is 7.78. The smallest absolute Gasteiger partial charge is 0.262 e. The Hall–Kier alpha value is -2.21. The van der Waals surface area contributed by atoms with E-state index in [4.69, 9.17) is 0 Å². The number of benzene rings is 1. The van der Waals surface area contributed by atoms with Crippen LogP contribution in [0.25, 0.3) is 10.4 Å². The quantitative estimate of drug-likeness (QED) is 0.904. The number of nitrogens with zero attached hydrogens (tertiary/aromatic N) is 1. The molecule has 2 heterocycles. The molecule has 0 radical (unpaired) electrons. The van der Waals surface area contributed by atoms with Crippen molar-refractivity contribution in [3.63, 3.8) is 0 Å². The Bertz CT molecular complexity index is 768. The van der Waals surface area contributed by atoms with E-state index < -0.39 is 6.04 Å². The predicted molar refractivity (Wildman–Crippen MR) is 97.1 cm³/mol. The highest BCUT2D eigenvalue weighted by molar-refractivity contribution is 7.17. The molecule has 1 saturated heterocycles. The average Bonchev–Trinajstić information content (AvgIpc) is 3.12. The van der Waals surface area contributed by atoms with Gasteiger partial charge < -0.3 is 10.2 Å². The topological polar surface area (TPSA) is 49.4 Å². The Morgan fingerprint density at radius 3 is 2.56 bits per heavy atom. The van der Waals surface area contributed by atoms with Crippen molar-refractivity contribution >= 4 is 23.2 Å². The molecule has 25 heavy (non-hydrogen) atoms. The SMILES string of the molecule is CC(NC(=O)c1ccc(-c2ccccc2F)s1)C(=O)N1CCCCC1. The zero-order valence-electron chi connectivity index (χ0n) is 14.1. The number of likely N-dealkylation sites (tertiary alicyclic amines) is 1. The van der Waals surface area contributed by atoms with Crippen molar-refractivity contribution in [3.05, 3.63) is 47.1 Å². The summed E-state index contributed by atoms with van der Waals surface area (Å²) in [4.78, 5) is 27.8. The number of rotatable bonds is 4. The molecule has 0 bridgehead atoms. The highest BCUT2D eigenvalue weighted by Gasteiger charge is 2.24. The first-order valence-electron chi connectivity index (χ1n) is 8.50. The summed E-state index contributed by atoms with van der Waals surface area (Å²) >= 11 is 1.22. The maximum atomic E-state index is 13.9. The molecule has 1 aliphatic rings. The number of hydrogen-bond donors (Lipinski definition) is 1. The minimum absolute atomic E-state index is 0.0427. The van der Waals surface area contributed by atoms with Crippen LogP contribution in [0.1, 0.15) is 35.9 Å². The van der Waals surface area contributed by atoms with E-state index in [1.54, 1.807) is 37.3 Å². The van der Waals surface area contributed by atoms with Gasteiger partial charge in [-0.15, -0.1) is 11.3 Å². The Balaban J connectivity index is 1.65. The van der Waals surface area contributed by atoms with E-state index in [9.17, 15) is 14.0 Å². The third-order valence-corrected chi connectivity index (χ3v) is 5.47. The molecule has 1 atom stereocenters. The monoisotopic (exact) mass is 360 g/mol. The van der Waals surface area contributed by atoms with Crippen LogP contribution in [0.2, 0.25) is 0 Å². The van der Waals surface area contributed by atoms with Gasteiger partial charge in [0.15, 0.2) is 0 Å². The van der Waals surface area contributed by atoms with Crippen molar-refractivity contribution in [2.24, 2.45) is 0 Å². The molecule has 1 N–H and O–H groups in total. The fourth-order valence-electron chi connectivity index (χ4n) is 2.98. The van der Waals surface area contributed by atoms with E-state index in [0.29, 0.717) is 15.3 Å². The van der Waals surface area contributed by atoms with Gasteiger partial charge in [-0.05, 0) is 44.4 Å². The number of carbonyl (C=O) groups is 2. The van der Waals surface area contributed by atoms with E-state index in [-0.39, 0.29) is 17.6 Å². The Kier molecular flexibility index (Phi) is 5.48. The first-order chi connectivity index (χ1) is 12.1. The summed E-state index contributed by atoms with van der Waals surface area (Å²) in [6.45, 7) is 3.23. The van der Waals surface area contributed by atoms with Gasteiger partial charge in [0.1, 0.15) is 11.9 Å². The van der Waals surface area contributed by atoms with Crippen molar-refractivity contribution in [2.75, 3.05) is 13.1 Å². The van der Waals surface area contributed by atoms with Crippen molar-refractivity contribution in [3.8, 4) is 10.4 Å². The third-order valence-electron chi connectivity index (χ3n) is 4.35. The van der Waals surface area contributed by atoms with E-state index >= 15 is 0 Å². The molecule has 0 aliphatic carbocycles. The molecule has 132 valence electrons. The molecule has 1 aromatic carbocycles. The largest absolute Gasteiger partial charge is 0.341 e. The van der Waals surface area contributed by atoms with Crippen LogP contribution in [-0.2, 0) is 4.79 Å². The van der Waals surface area contributed by atoms with Gasteiger partial charge in [-0.25, -0.2) is 4.39 Å². The summed E-state index contributed by atoms with van der Waals surface area (Å²) in [5.74, 6) is -0.658. The number of thiophene rings is 1. The van der Waals surface area contributed by atoms with Gasteiger partial charge in [-0.2, -0.15) is 0 Å². The number of nitrogens with one attached hydrogen (secondary N) is 1. The lowest BCUT2D eigenvalue weighted by Crippen LogP contribution is -2.48. The molecule has 1 fully saturated rings. The first-order valence-corrected chi connectivity index (χ1v) is 9.32. The number of amides is 2. The Morgan fingerprint density at radius 2 is 1.84 bits per heavy atom. The van der Waals surface area contributed by atoms with Crippen LogP contribution in [0, 0.1) is 5.82 Å². The molecule has 1 aliphatic heterocycles.